The SMILES string of the molecule is O=S(=O)(NCc1ccccc1)Nc1ccccc1. The van der Waals surface area contributed by atoms with Crippen LogP contribution in [0.15, 0.2) is 60.7 Å². The van der Waals surface area contributed by atoms with Crippen molar-refractivity contribution in [3.63, 3.8) is 0 Å². The summed E-state index contributed by atoms with van der Waals surface area (Å²) in [5.41, 5.74) is 1.45. The molecular formula is C13H14N2O2S. The molecule has 0 radical (unpaired) electrons. The Morgan fingerprint density at radius 1 is 0.833 bits per heavy atom. The molecule has 4 nitrogen and oxygen atoms in total. The quantitative estimate of drug-likeness (QED) is 0.867. The molecular weight excluding hydrogens is 248 g/mol. The average Bonchev–Trinajstić information content (AvgIpc) is 2.38. The molecule has 0 unspecified atom stereocenters. The van der Waals surface area contributed by atoms with E-state index in [0.717, 1.165) is 5.56 Å². The van der Waals surface area contributed by atoms with Gasteiger partial charge in [0.15, 0.2) is 0 Å². The van der Waals surface area contributed by atoms with Gasteiger partial charge in [0.25, 0.3) is 10.2 Å². The summed E-state index contributed by atoms with van der Waals surface area (Å²) in [6, 6.07) is 18.1. The minimum atomic E-state index is -3.53. The van der Waals surface area contributed by atoms with E-state index in [1.165, 1.54) is 0 Å². The zero-order valence-electron chi connectivity index (χ0n) is 9.71. The number of hydrogen-bond donors (Lipinski definition) is 2. The highest BCUT2D eigenvalue weighted by atomic mass is 32.2. The molecule has 0 spiro atoms. The summed E-state index contributed by atoms with van der Waals surface area (Å²) in [5.74, 6) is 0. The Morgan fingerprint density at radius 3 is 2.00 bits per heavy atom. The van der Waals surface area contributed by atoms with Crippen LogP contribution in [0.3, 0.4) is 0 Å². The Balaban J connectivity index is 1.96. The van der Waals surface area contributed by atoms with E-state index in [0.29, 0.717) is 5.69 Å². The first-order valence-corrected chi connectivity index (χ1v) is 7.00. The van der Waals surface area contributed by atoms with Crippen LogP contribution in [0.1, 0.15) is 5.56 Å². The van der Waals surface area contributed by atoms with Crippen molar-refractivity contribution >= 4 is 15.9 Å². The van der Waals surface area contributed by atoms with Gasteiger partial charge in [0.2, 0.25) is 0 Å². The Hall–Kier alpha value is -1.85. The van der Waals surface area contributed by atoms with Crippen LogP contribution in [0.2, 0.25) is 0 Å². The zero-order chi connectivity index (χ0) is 12.8. The average molecular weight is 262 g/mol. The smallest absolute Gasteiger partial charge is 0.271 e. The van der Waals surface area contributed by atoms with E-state index in [2.05, 4.69) is 9.44 Å². The van der Waals surface area contributed by atoms with E-state index in [1.54, 1.807) is 24.3 Å². The molecule has 0 aliphatic carbocycles. The van der Waals surface area contributed by atoms with Crippen molar-refractivity contribution in [2.75, 3.05) is 4.72 Å². The second-order valence-corrected chi connectivity index (χ2v) is 5.28. The summed E-state index contributed by atoms with van der Waals surface area (Å²) in [6.45, 7) is 0.267. The van der Waals surface area contributed by atoms with Gasteiger partial charge >= 0.3 is 0 Å². The normalized spacial score (nSPS) is 11.1. The van der Waals surface area contributed by atoms with Gasteiger partial charge in [0.1, 0.15) is 0 Å². The molecule has 2 aromatic carbocycles. The second-order valence-electron chi connectivity index (χ2n) is 3.78. The van der Waals surface area contributed by atoms with Gasteiger partial charge in [-0.2, -0.15) is 13.1 Å². The Morgan fingerprint density at radius 2 is 1.39 bits per heavy atom. The highest BCUT2D eigenvalue weighted by Crippen LogP contribution is 2.07. The lowest BCUT2D eigenvalue weighted by Gasteiger charge is -2.09. The lowest BCUT2D eigenvalue weighted by Crippen LogP contribution is -2.29. The van der Waals surface area contributed by atoms with Gasteiger partial charge in [-0.1, -0.05) is 48.5 Å². The van der Waals surface area contributed by atoms with Crippen LogP contribution in [-0.4, -0.2) is 8.42 Å². The number of para-hydroxylation sites is 1. The molecule has 0 heterocycles. The maximum Gasteiger partial charge on any atom is 0.299 e. The lowest BCUT2D eigenvalue weighted by atomic mass is 10.2. The molecule has 0 amide bonds. The van der Waals surface area contributed by atoms with Gasteiger partial charge in [-0.3, -0.25) is 4.72 Å². The van der Waals surface area contributed by atoms with Crippen LogP contribution in [-0.2, 0) is 16.8 Å². The molecule has 0 bridgehead atoms. The van der Waals surface area contributed by atoms with Crippen LogP contribution in [0.4, 0.5) is 5.69 Å². The monoisotopic (exact) mass is 262 g/mol. The largest absolute Gasteiger partial charge is 0.299 e. The number of hydrogen-bond acceptors (Lipinski definition) is 2. The third-order valence-electron chi connectivity index (χ3n) is 2.34. The molecule has 2 rings (SSSR count). The molecule has 0 atom stereocenters. The topological polar surface area (TPSA) is 58.2 Å². The first-order chi connectivity index (χ1) is 8.66. The predicted molar refractivity (Wildman–Crippen MR) is 72.3 cm³/mol. The fourth-order valence-electron chi connectivity index (χ4n) is 1.47. The summed E-state index contributed by atoms with van der Waals surface area (Å²) < 4.78 is 28.4. The lowest BCUT2D eigenvalue weighted by molar-refractivity contribution is 0.587. The molecule has 0 aromatic heterocycles. The first kappa shape index (κ1) is 12.6. The van der Waals surface area contributed by atoms with E-state index in [4.69, 9.17) is 0 Å². The minimum absolute atomic E-state index is 0.267. The van der Waals surface area contributed by atoms with Crippen molar-refractivity contribution in [3.8, 4) is 0 Å². The predicted octanol–water partition coefficient (Wildman–Crippen LogP) is 2.13. The van der Waals surface area contributed by atoms with E-state index in [9.17, 15) is 8.42 Å². The molecule has 18 heavy (non-hydrogen) atoms. The molecule has 2 N–H and O–H groups in total. The molecule has 0 aliphatic rings. The van der Waals surface area contributed by atoms with Crippen molar-refractivity contribution in [2.45, 2.75) is 6.54 Å². The van der Waals surface area contributed by atoms with Crippen LogP contribution in [0, 0.1) is 0 Å². The highest BCUT2D eigenvalue weighted by Gasteiger charge is 2.08. The highest BCUT2D eigenvalue weighted by molar-refractivity contribution is 7.90. The standard InChI is InChI=1S/C13H14N2O2S/c16-18(17,15-13-9-5-2-6-10-13)14-11-12-7-3-1-4-8-12/h1-10,14-15H,11H2. The summed E-state index contributed by atoms with van der Waals surface area (Å²) in [4.78, 5) is 0. The van der Waals surface area contributed by atoms with Crippen LogP contribution in [0.25, 0.3) is 0 Å². The number of nitrogens with one attached hydrogen (secondary N) is 2. The molecule has 0 fully saturated rings. The third kappa shape index (κ3) is 3.87. The maximum atomic E-state index is 11.8. The van der Waals surface area contributed by atoms with Gasteiger partial charge in [-0.25, -0.2) is 0 Å². The van der Waals surface area contributed by atoms with E-state index >= 15 is 0 Å². The van der Waals surface area contributed by atoms with E-state index in [-0.39, 0.29) is 6.54 Å². The van der Waals surface area contributed by atoms with E-state index < -0.39 is 10.2 Å². The number of anilines is 1. The molecule has 0 saturated heterocycles. The number of rotatable bonds is 5. The summed E-state index contributed by atoms with van der Waals surface area (Å²) >= 11 is 0. The fourth-order valence-corrected chi connectivity index (χ4v) is 2.35. The second kappa shape index (κ2) is 5.66. The third-order valence-corrected chi connectivity index (χ3v) is 3.36. The van der Waals surface area contributed by atoms with Crippen molar-refractivity contribution in [3.05, 3.63) is 66.2 Å². The van der Waals surface area contributed by atoms with Gasteiger partial charge in [0.05, 0.1) is 0 Å². The van der Waals surface area contributed by atoms with Crippen molar-refractivity contribution in [1.82, 2.24) is 4.72 Å². The minimum Gasteiger partial charge on any atom is -0.271 e. The first-order valence-electron chi connectivity index (χ1n) is 5.52. The Kier molecular flexibility index (Phi) is 3.96. The molecule has 0 aliphatic heterocycles. The Labute approximate surface area is 107 Å². The van der Waals surface area contributed by atoms with Crippen molar-refractivity contribution in [1.29, 1.82) is 0 Å². The molecule has 0 saturated carbocycles. The fraction of sp³-hybridized carbons (Fsp3) is 0.0769. The maximum absolute atomic E-state index is 11.8. The molecule has 94 valence electrons. The summed E-state index contributed by atoms with van der Waals surface area (Å²) in [5, 5.41) is 0. The Bertz CT molecular complexity index is 583. The van der Waals surface area contributed by atoms with Crippen molar-refractivity contribution in [2.24, 2.45) is 0 Å². The molecule has 2 aromatic rings. The van der Waals surface area contributed by atoms with Crippen LogP contribution in [0.5, 0.6) is 0 Å². The van der Waals surface area contributed by atoms with Gasteiger partial charge < -0.3 is 0 Å². The summed E-state index contributed by atoms with van der Waals surface area (Å²) in [7, 11) is -3.53. The molecule has 5 heteroatoms. The number of benzene rings is 2. The van der Waals surface area contributed by atoms with Crippen molar-refractivity contribution < 1.29 is 8.42 Å². The van der Waals surface area contributed by atoms with E-state index in [1.807, 2.05) is 36.4 Å². The van der Waals surface area contributed by atoms with Gasteiger partial charge in [-0.05, 0) is 17.7 Å². The van der Waals surface area contributed by atoms with Crippen LogP contribution < -0.4 is 9.44 Å². The van der Waals surface area contributed by atoms with Crippen LogP contribution >= 0.6 is 0 Å². The van der Waals surface area contributed by atoms with Gasteiger partial charge in [0, 0.05) is 12.2 Å². The summed E-state index contributed by atoms with van der Waals surface area (Å²) in [6.07, 6.45) is 0. The van der Waals surface area contributed by atoms with Gasteiger partial charge in [-0.15, -0.1) is 0 Å². The zero-order valence-corrected chi connectivity index (χ0v) is 10.5.